The van der Waals surface area contributed by atoms with Crippen LogP contribution < -0.4 is 20.5 Å². The highest BCUT2D eigenvalue weighted by Gasteiger charge is 2.57. The molecule has 242 valence electrons. The quantitative estimate of drug-likeness (QED) is 0.0580. The van der Waals surface area contributed by atoms with Crippen LogP contribution in [0.15, 0.2) is 34.9 Å². The van der Waals surface area contributed by atoms with E-state index in [0.717, 1.165) is 41.9 Å². The molecular formula is C26H32N7O10S2+. The number of benzene rings is 1. The summed E-state index contributed by atoms with van der Waals surface area (Å²) in [6.45, 7) is 5.19. The topological polar surface area (TPSA) is 229 Å². The second-order valence-electron chi connectivity index (χ2n) is 11.3. The van der Waals surface area contributed by atoms with Gasteiger partial charge in [-0.2, -0.15) is 18.2 Å². The summed E-state index contributed by atoms with van der Waals surface area (Å²) in [5.74, 6) is -3.17. The Morgan fingerprint density at radius 2 is 2.07 bits per heavy atom. The lowest BCUT2D eigenvalue weighted by Gasteiger charge is -2.50. The first-order valence-electron chi connectivity index (χ1n) is 13.7. The number of ketones is 1. The lowest BCUT2D eigenvalue weighted by atomic mass is 9.74. The summed E-state index contributed by atoms with van der Waals surface area (Å²) < 4.78 is 45.4. The molecule has 17 nitrogen and oxygen atoms in total. The molecule has 2 aliphatic heterocycles. The Morgan fingerprint density at radius 1 is 1.33 bits per heavy atom. The van der Waals surface area contributed by atoms with Gasteiger partial charge in [0.2, 0.25) is 6.20 Å². The van der Waals surface area contributed by atoms with Crippen molar-refractivity contribution in [3.05, 3.63) is 35.5 Å². The van der Waals surface area contributed by atoms with Gasteiger partial charge in [-0.25, -0.2) is 9.78 Å². The number of β-lactam (4-membered cyclic amide) rings is 1. The van der Waals surface area contributed by atoms with Crippen molar-refractivity contribution in [1.82, 2.24) is 20.0 Å². The molecule has 1 amide bonds. The minimum Gasteiger partial charge on any atom is -0.489 e. The standard InChI is InChI=1S/C26H31N7O10S2/c1-26(2)17(23(35)33(26)43-45(38,39)40)7-20(34)22(18-13-44-25(27)29-18)30-42-21(24(36)37)12-41-16-4-5-19-15(6-16)11-31(3)32(19)10-14-8-28-9-14/h4-6,11,13-14,17,21,28H,7-10,12H2,1-3H3,(H3-,27,29,36,37,38,39,40)/p+1/b30-22-/t17-,21+/m1/s1. The summed E-state index contributed by atoms with van der Waals surface area (Å²) in [5, 5.41) is 19.7. The number of Topliss-reactive ketones (excluding diaryl/α,β-unsaturated/α-hetero) is 1. The molecule has 2 aliphatic rings. The van der Waals surface area contributed by atoms with Gasteiger partial charge in [-0.05, 0) is 32.0 Å². The first-order valence-corrected chi connectivity index (χ1v) is 15.9. The van der Waals surface area contributed by atoms with Crippen LogP contribution in [-0.4, -0.2) is 87.5 Å². The number of aromatic nitrogens is 3. The Bertz CT molecular complexity index is 1780. The Morgan fingerprint density at radius 3 is 2.64 bits per heavy atom. The van der Waals surface area contributed by atoms with Crippen molar-refractivity contribution in [2.75, 3.05) is 25.4 Å². The molecular weight excluding hydrogens is 634 g/mol. The lowest BCUT2D eigenvalue weighted by molar-refractivity contribution is -0.751. The van der Waals surface area contributed by atoms with Gasteiger partial charge >= 0.3 is 16.4 Å². The van der Waals surface area contributed by atoms with E-state index in [4.69, 9.17) is 19.9 Å². The number of nitrogen functional groups attached to an aromatic ring is 1. The van der Waals surface area contributed by atoms with Crippen LogP contribution >= 0.6 is 11.3 Å². The van der Waals surface area contributed by atoms with Crippen LogP contribution in [0, 0.1) is 11.8 Å². The number of aliphatic carboxylic acids is 1. The fourth-order valence-corrected chi connectivity index (χ4v) is 6.07. The molecule has 4 heterocycles. The maximum Gasteiger partial charge on any atom is 0.418 e. The SMILES string of the molecule is C[n+]1cc2cc(OC[C@H](O/N=C(\C(=O)C[C@@H]3C(=O)N(OS(=O)(=O)O)C3(C)C)c3csc(N)n3)C(=O)O)ccc2n1CC1CNC1. The molecule has 5 N–H and O–H groups in total. The minimum absolute atomic E-state index is 0.0105. The molecule has 0 bridgehead atoms. The second kappa shape index (κ2) is 12.3. The van der Waals surface area contributed by atoms with Crippen LogP contribution in [0.4, 0.5) is 5.13 Å². The molecule has 3 aromatic rings. The number of fused-ring (bicyclic) bond motifs is 1. The first-order chi connectivity index (χ1) is 21.1. The zero-order chi connectivity index (χ0) is 32.7. The van der Waals surface area contributed by atoms with Crippen molar-refractivity contribution in [2.24, 2.45) is 24.0 Å². The number of anilines is 1. The zero-order valence-electron chi connectivity index (χ0n) is 24.4. The van der Waals surface area contributed by atoms with E-state index >= 15 is 0 Å². The van der Waals surface area contributed by atoms with Crippen LogP contribution in [0.25, 0.3) is 10.9 Å². The largest absolute Gasteiger partial charge is 0.489 e. The smallest absolute Gasteiger partial charge is 0.418 e. The summed E-state index contributed by atoms with van der Waals surface area (Å²) in [6, 6.07) is 5.40. The Balaban J connectivity index is 1.29. The van der Waals surface area contributed by atoms with E-state index in [1.807, 2.05) is 24.0 Å². The number of ether oxygens (including phenoxy) is 1. The van der Waals surface area contributed by atoms with Gasteiger partial charge in [0.1, 0.15) is 23.6 Å². The predicted octanol–water partition coefficient (Wildman–Crippen LogP) is -0.0926. The molecule has 5 rings (SSSR count). The zero-order valence-corrected chi connectivity index (χ0v) is 26.1. The molecule has 2 saturated heterocycles. The number of amides is 1. The van der Waals surface area contributed by atoms with Crippen molar-refractivity contribution >= 4 is 61.1 Å². The number of carboxylic acid groups (broad SMARTS) is 1. The van der Waals surface area contributed by atoms with Gasteiger partial charge in [0.25, 0.3) is 12.0 Å². The molecule has 2 fully saturated rings. The number of carbonyl (C=O) groups is 3. The summed E-state index contributed by atoms with van der Waals surface area (Å²) in [6.07, 6.45) is -0.172. The molecule has 0 saturated carbocycles. The number of hydroxylamine groups is 2. The van der Waals surface area contributed by atoms with E-state index in [2.05, 4.69) is 24.4 Å². The number of carboxylic acids is 1. The maximum absolute atomic E-state index is 13.3. The normalized spacial score (nSPS) is 19.2. The van der Waals surface area contributed by atoms with Crippen LogP contribution in [-0.2, 0) is 47.5 Å². The van der Waals surface area contributed by atoms with Gasteiger partial charge < -0.3 is 25.7 Å². The van der Waals surface area contributed by atoms with E-state index in [-0.39, 0.29) is 10.8 Å². The van der Waals surface area contributed by atoms with Crippen LogP contribution in [0.1, 0.15) is 26.0 Å². The monoisotopic (exact) mass is 666 g/mol. The average Bonchev–Trinajstić information content (AvgIpc) is 3.50. The van der Waals surface area contributed by atoms with Gasteiger partial charge in [0, 0.05) is 30.8 Å². The number of nitrogens with one attached hydrogen (secondary N) is 1. The summed E-state index contributed by atoms with van der Waals surface area (Å²) in [4.78, 5) is 47.2. The van der Waals surface area contributed by atoms with Gasteiger partial charge in [-0.3, -0.25) is 14.1 Å². The van der Waals surface area contributed by atoms with Crippen LogP contribution in [0.3, 0.4) is 0 Å². The number of rotatable bonds is 14. The van der Waals surface area contributed by atoms with Crippen molar-refractivity contribution in [2.45, 2.75) is 38.5 Å². The molecule has 2 aromatic heterocycles. The first kappa shape index (κ1) is 32.2. The molecule has 45 heavy (non-hydrogen) atoms. The predicted molar refractivity (Wildman–Crippen MR) is 157 cm³/mol. The summed E-state index contributed by atoms with van der Waals surface area (Å²) >= 11 is 0.996. The summed E-state index contributed by atoms with van der Waals surface area (Å²) in [5.41, 5.74) is 5.00. The Labute approximate surface area is 261 Å². The van der Waals surface area contributed by atoms with Crippen LogP contribution in [0.5, 0.6) is 5.75 Å². The number of aryl methyl sites for hydroxylation is 1. The van der Waals surface area contributed by atoms with E-state index in [1.54, 1.807) is 12.1 Å². The molecule has 2 atom stereocenters. The van der Waals surface area contributed by atoms with Crippen LogP contribution in [0.2, 0.25) is 0 Å². The Hall–Kier alpha value is -4.17. The lowest BCUT2D eigenvalue weighted by Crippen LogP contribution is -2.68. The van der Waals surface area contributed by atoms with Gasteiger partial charge in [-0.1, -0.05) is 5.16 Å². The van der Waals surface area contributed by atoms with E-state index in [0.29, 0.717) is 16.7 Å². The van der Waals surface area contributed by atoms with Crippen molar-refractivity contribution in [1.29, 1.82) is 0 Å². The molecule has 0 aliphatic carbocycles. The molecule has 1 aromatic carbocycles. The average molecular weight is 667 g/mol. The number of oxime groups is 1. The third-order valence-electron chi connectivity index (χ3n) is 7.69. The highest BCUT2D eigenvalue weighted by atomic mass is 32.3. The van der Waals surface area contributed by atoms with E-state index in [9.17, 15) is 27.9 Å². The fourth-order valence-electron chi connectivity index (χ4n) is 5.07. The van der Waals surface area contributed by atoms with E-state index in [1.165, 1.54) is 19.2 Å². The van der Waals surface area contributed by atoms with Gasteiger partial charge in [-0.15, -0.1) is 20.3 Å². The number of nitrogens with zero attached hydrogens (tertiary/aromatic N) is 5. The third kappa shape index (κ3) is 6.91. The van der Waals surface area contributed by atoms with Crippen molar-refractivity contribution in [3.63, 3.8) is 0 Å². The molecule has 0 radical (unpaired) electrons. The highest BCUT2D eigenvalue weighted by Crippen LogP contribution is 2.40. The molecule has 19 heteroatoms. The molecule has 0 unspecified atom stereocenters. The number of hydrogen-bond donors (Lipinski definition) is 4. The van der Waals surface area contributed by atoms with Gasteiger partial charge in [0.15, 0.2) is 23.7 Å². The number of nitrogens with two attached hydrogens (primary N) is 1. The number of carbonyl (C=O) groups excluding carboxylic acids is 2. The number of hydrogen-bond acceptors (Lipinski definition) is 13. The minimum atomic E-state index is -4.98. The fraction of sp³-hybridized carbons (Fsp3) is 0.462. The maximum atomic E-state index is 13.3. The highest BCUT2D eigenvalue weighted by molar-refractivity contribution is 7.80. The second-order valence-corrected chi connectivity index (χ2v) is 13.1. The Kier molecular flexibility index (Phi) is 8.82. The third-order valence-corrected chi connectivity index (χ3v) is 8.70. The van der Waals surface area contributed by atoms with Crippen molar-refractivity contribution < 1.29 is 51.0 Å². The van der Waals surface area contributed by atoms with E-state index < -0.39 is 64.4 Å². The molecule has 0 spiro atoms. The number of thiazole rings is 1. The van der Waals surface area contributed by atoms with Gasteiger partial charge in [0.05, 0.1) is 23.4 Å². The van der Waals surface area contributed by atoms with Crippen molar-refractivity contribution in [3.8, 4) is 5.75 Å². The summed E-state index contributed by atoms with van der Waals surface area (Å²) in [7, 11) is -3.04.